The lowest BCUT2D eigenvalue weighted by Crippen LogP contribution is -2.32. The van der Waals surface area contributed by atoms with Crippen LogP contribution >= 0.6 is 0 Å². The molecule has 9 heteroatoms. The van der Waals surface area contributed by atoms with Gasteiger partial charge in [0.2, 0.25) is 0 Å². The fourth-order valence-corrected chi connectivity index (χ4v) is 2.93. The molecule has 2 rings (SSSR count). The topological polar surface area (TPSA) is 122 Å². The number of hydrogen-bond acceptors (Lipinski definition) is 7. The van der Waals surface area contributed by atoms with Crippen LogP contribution in [0.25, 0.3) is 0 Å². The molecule has 0 aliphatic carbocycles. The Morgan fingerprint density at radius 3 is 2.77 bits per heavy atom. The van der Waals surface area contributed by atoms with Gasteiger partial charge in [-0.05, 0) is 12.5 Å². The highest BCUT2D eigenvalue weighted by Gasteiger charge is 2.45. The maximum Gasteiger partial charge on any atom is 0.295 e. The molecule has 0 bridgehead atoms. The molecule has 1 fully saturated rings. The summed E-state index contributed by atoms with van der Waals surface area (Å²) in [6.45, 7) is 2.12. The van der Waals surface area contributed by atoms with E-state index in [1.165, 1.54) is 30.2 Å². The van der Waals surface area contributed by atoms with Crippen molar-refractivity contribution in [2.24, 2.45) is 0 Å². The number of rotatable bonds is 8. The smallest absolute Gasteiger partial charge is 0.295 e. The van der Waals surface area contributed by atoms with E-state index in [0.29, 0.717) is 11.3 Å². The highest BCUT2D eigenvalue weighted by atomic mass is 16.6. The van der Waals surface area contributed by atoms with Crippen LogP contribution in [0.3, 0.4) is 0 Å². The number of benzene rings is 1. The van der Waals surface area contributed by atoms with Crippen molar-refractivity contribution in [2.75, 3.05) is 33.4 Å². The number of nitro groups is 1. The SMILES string of the molecule is COCCN1C(=O)C(=O)/C(=C(/C)NCCO)C1c1cccc([N+](=O)[O-])c1. The second-order valence-electron chi connectivity index (χ2n) is 5.76. The molecule has 1 aromatic carbocycles. The molecule has 1 saturated heterocycles. The third-order valence-corrected chi connectivity index (χ3v) is 4.12. The molecule has 2 N–H and O–H groups in total. The van der Waals surface area contributed by atoms with E-state index in [-0.39, 0.29) is 37.6 Å². The summed E-state index contributed by atoms with van der Waals surface area (Å²) in [5, 5.41) is 23.0. The van der Waals surface area contributed by atoms with Crippen molar-refractivity contribution in [3.8, 4) is 0 Å². The number of methoxy groups -OCH3 is 1. The number of aliphatic hydroxyl groups excluding tert-OH is 1. The van der Waals surface area contributed by atoms with E-state index < -0.39 is 22.7 Å². The Balaban J connectivity index is 2.55. The predicted octanol–water partition coefficient (Wildman–Crippen LogP) is 0.550. The Kier molecular flexibility index (Phi) is 6.42. The summed E-state index contributed by atoms with van der Waals surface area (Å²) in [6.07, 6.45) is 0. The average molecular weight is 363 g/mol. The average Bonchev–Trinajstić information content (AvgIpc) is 2.89. The molecule has 1 aliphatic heterocycles. The van der Waals surface area contributed by atoms with Crippen LogP contribution in [-0.2, 0) is 14.3 Å². The first kappa shape index (κ1) is 19.5. The van der Waals surface area contributed by atoms with Crippen LogP contribution in [-0.4, -0.2) is 60.0 Å². The van der Waals surface area contributed by atoms with Crippen molar-refractivity contribution >= 4 is 17.4 Å². The van der Waals surface area contributed by atoms with E-state index in [1.54, 1.807) is 13.0 Å². The minimum Gasteiger partial charge on any atom is -0.395 e. The number of allylic oxidation sites excluding steroid dienone is 1. The Bertz CT molecular complexity index is 746. The van der Waals surface area contributed by atoms with Crippen molar-refractivity contribution in [2.45, 2.75) is 13.0 Å². The highest BCUT2D eigenvalue weighted by molar-refractivity contribution is 6.45. The van der Waals surface area contributed by atoms with Gasteiger partial charge >= 0.3 is 0 Å². The molecule has 9 nitrogen and oxygen atoms in total. The zero-order chi connectivity index (χ0) is 19.3. The van der Waals surface area contributed by atoms with Gasteiger partial charge in [0.1, 0.15) is 0 Å². The maximum absolute atomic E-state index is 12.6. The quantitative estimate of drug-likeness (QED) is 0.299. The van der Waals surface area contributed by atoms with E-state index in [1.807, 2.05) is 0 Å². The molecule has 0 radical (unpaired) electrons. The van der Waals surface area contributed by atoms with Crippen molar-refractivity contribution in [1.82, 2.24) is 10.2 Å². The van der Waals surface area contributed by atoms with Gasteiger partial charge in [0.25, 0.3) is 17.4 Å². The van der Waals surface area contributed by atoms with Crippen LogP contribution < -0.4 is 5.32 Å². The van der Waals surface area contributed by atoms with Gasteiger partial charge in [-0.2, -0.15) is 0 Å². The van der Waals surface area contributed by atoms with Crippen molar-refractivity contribution in [1.29, 1.82) is 0 Å². The van der Waals surface area contributed by atoms with Crippen LogP contribution in [0, 0.1) is 10.1 Å². The van der Waals surface area contributed by atoms with Crippen LogP contribution in [0.15, 0.2) is 35.5 Å². The van der Waals surface area contributed by atoms with E-state index in [9.17, 15) is 19.7 Å². The summed E-state index contributed by atoms with van der Waals surface area (Å²) in [7, 11) is 1.48. The largest absolute Gasteiger partial charge is 0.395 e. The Morgan fingerprint density at radius 1 is 1.42 bits per heavy atom. The van der Waals surface area contributed by atoms with E-state index >= 15 is 0 Å². The molecule has 1 unspecified atom stereocenters. The predicted molar refractivity (Wildman–Crippen MR) is 92.2 cm³/mol. The second-order valence-corrected chi connectivity index (χ2v) is 5.76. The first-order valence-corrected chi connectivity index (χ1v) is 8.06. The first-order valence-electron chi connectivity index (χ1n) is 8.06. The molecule has 1 aromatic rings. The van der Waals surface area contributed by atoms with Gasteiger partial charge in [0.05, 0.1) is 29.8 Å². The first-order chi connectivity index (χ1) is 12.4. The van der Waals surface area contributed by atoms with Crippen LogP contribution in [0.1, 0.15) is 18.5 Å². The fourth-order valence-electron chi connectivity index (χ4n) is 2.93. The number of Topliss-reactive ketones (excluding diaryl/α,β-unsaturated/α-hetero) is 1. The zero-order valence-corrected chi connectivity index (χ0v) is 14.6. The summed E-state index contributed by atoms with van der Waals surface area (Å²) in [6, 6.07) is 5.11. The summed E-state index contributed by atoms with van der Waals surface area (Å²) in [5.74, 6) is -1.35. The van der Waals surface area contributed by atoms with Gasteiger partial charge in [-0.3, -0.25) is 19.7 Å². The number of nitrogens with zero attached hydrogens (tertiary/aromatic N) is 2. The maximum atomic E-state index is 12.6. The Morgan fingerprint density at radius 2 is 2.15 bits per heavy atom. The fraction of sp³-hybridized carbons (Fsp3) is 0.412. The molecular formula is C17H21N3O6. The van der Waals surface area contributed by atoms with E-state index in [2.05, 4.69) is 5.32 Å². The van der Waals surface area contributed by atoms with Gasteiger partial charge in [-0.1, -0.05) is 12.1 Å². The number of non-ortho nitro benzene ring substituents is 1. The molecule has 1 atom stereocenters. The number of ketones is 1. The van der Waals surface area contributed by atoms with Gasteiger partial charge < -0.3 is 20.1 Å². The normalized spacial score (nSPS) is 19.0. The summed E-state index contributed by atoms with van der Waals surface area (Å²) < 4.78 is 5.02. The number of carbonyl (C=O) groups is 2. The molecule has 0 aromatic heterocycles. The number of amides is 1. The zero-order valence-electron chi connectivity index (χ0n) is 14.6. The summed E-state index contributed by atoms with van der Waals surface area (Å²) >= 11 is 0. The summed E-state index contributed by atoms with van der Waals surface area (Å²) in [5.41, 5.74) is 1.02. The van der Waals surface area contributed by atoms with Crippen molar-refractivity contribution in [3.63, 3.8) is 0 Å². The van der Waals surface area contributed by atoms with E-state index in [0.717, 1.165) is 0 Å². The molecule has 26 heavy (non-hydrogen) atoms. The van der Waals surface area contributed by atoms with Gasteiger partial charge in [-0.25, -0.2) is 0 Å². The number of aliphatic hydroxyl groups is 1. The number of ether oxygens (including phenoxy) is 1. The number of hydrogen-bond donors (Lipinski definition) is 2. The summed E-state index contributed by atoms with van der Waals surface area (Å²) in [4.78, 5) is 37.0. The lowest BCUT2D eigenvalue weighted by molar-refractivity contribution is -0.384. The molecule has 1 aliphatic rings. The van der Waals surface area contributed by atoms with Crippen LogP contribution in [0.4, 0.5) is 5.69 Å². The van der Waals surface area contributed by atoms with Crippen molar-refractivity contribution in [3.05, 3.63) is 51.2 Å². The monoisotopic (exact) mass is 363 g/mol. The van der Waals surface area contributed by atoms with Crippen molar-refractivity contribution < 1.29 is 24.4 Å². The van der Waals surface area contributed by atoms with Gasteiger partial charge in [0, 0.05) is 38.0 Å². The highest BCUT2D eigenvalue weighted by Crippen LogP contribution is 2.37. The Labute approximate surface area is 150 Å². The number of carbonyl (C=O) groups excluding carboxylic acids is 2. The number of likely N-dealkylation sites (tertiary alicyclic amines) is 1. The molecule has 0 spiro atoms. The Hall–Kier alpha value is -2.78. The van der Waals surface area contributed by atoms with Crippen LogP contribution in [0.2, 0.25) is 0 Å². The van der Waals surface area contributed by atoms with Gasteiger partial charge in [0.15, 0.2) is 0 Å². The molecule has 140 valence electrons. The molecule has 0 saturated carbocycles. The molecular weight excluding hydrogens is 342 g/mol. The molecule has 1 amide bonds. The standard InChI is InChI=1S/C17H21N3O6/c1-11(18-6-8-21)14-15(12-4-3-5-13(10-12)20(24)25)19(7-9-26-2)17(23)16(14)22/h3-5,10,15,18,21H,6-9H2,1-2H3/b14-11-. The van der Waals surface area contributed by atoms with Crippen LogP contribution in [0.5, 0.6) is 0 Å². The van der Waals surface area contributed by atoms with Gasteiger partial charge in [-0.15, -0.1) is 0 Å². The van der Waals surface area contributed by atoms with E-state index in [4.69, 9.17) is 9.84 Å². The third kappa shape index (κ3) is 3.89. The minimum absolute atomic E-state index is 0.124. The molecule has 1 heterocycles. The second kappa shape index (κ2) is 8.54. The minimum atomic E-state index is -0.753. The number of nitro benzene ring substituents is 1. The third-order valence-electron chi connectivity index (χ3n) is 4.12. The lowest BCUT2D eigenvalue weighted by Gasteiger charge is -2.25. The number of nitrogens with one attached hydrogen (secondary N) is 1. The lowest BCUT2D eigenvalue weighted by atomic mass is 9.96.